The van der Waals surface area contributed by atoms with Crippen LogP contribution in [-0.4, -0.2) is 74.9 Å². The average molecular weight is 435 g/mol. The summed E-state index contributed by atoms with van der Waals surface area (Å²) >= 11 is 0. The van der Waals surface area contributed by atoms with Crippen LogP contribution in [0.25, 0.3) is 10.9 Å². The number of hydrogen-bond donors (Lipinski definition) is 3. The second-order valence-electron chi connectivity index (χ2n) is 7.26. The number of piperazine rings is 1. The van der Waals surface area contributed by atoms with Gasteiger partial charge in [0, 0.05) is 44.3 Å². The molecule has 1 aliphatic rings. The molecule has 3 rings (SSSR count). The number of carboxylic acid groups (broad SMARTS) is 3. The molecule has 1 aromatic heterocycles. The lowest BCUT2D eigenvalue weighted by molar-refractivity contribution is -0.150. The van der Waals surface area contributed by atoms with Crippen LogP contribution in [0.15, 0.2) is 23.1 Å². The maximum Gasteiger partial charge on any atom is 0.341 e. The molecule has 3 N–H and O–H groups in total. The van der Waals surface area contributed by atoms with Crippen molar-refractivity contribution in [3.8, 4) is 0 Å². The second kappa shape index (κ2) is 8.72. The van der Waals surface area contributed by atoms with Crippen LogP contribution in [0.1, 0.15) is 23.7 Å². The summed E-state index contributed by atoms with van der Waals surface area (Å²) in [6.45, 7) is 3.10. The van der Waals surface area contributed by atoms with Gasteiger partial charge in [-0.3, -0.25) is 19.3 Å². The highest BCUT2D eigenvalue weighted by Gasteiger charge is 2.31. The highest BCUT2D eigenvalue weighted by molar-refractivity contribution is 5.93. The van der Waals surface area contributed by atoms with Gasteiger partial charge in [-0.1, -0.05) is 0 Å². The smallest absolute Gasteiger partial charge is 0.341 e. The molecular weight excluding hydrogens is 413 g/mol. The highest BCUT2D eigenvalue weighted by atomic mass is 19.1. The summed E-state index contributed by atoms with van der Waals surface area (Å²) < 4.78 is 16.4. The lowest BCUT2D eigenvalue weighted by Crippen LogP contribution is -2.53. The average Bonchev–Trinajstić information content (AvgIpc) is 2.72. The molecule has 0 radical (unpaired) electrons. The van der Waals surface area contributed by atoms with E-state index in [9.17, 15) is 33.8 Å². The van der Waals surface area contributed by atoms with Crippen molar-refractivity contribution < 1.29 is 34.1 Å². The zero-order valence-corrected chi connectivity index (χ0v) is 16.7. The summed E-state index contributed by atoms with van der Waals surface area (Å²) in [5, 5.41) is 27.5. The van der Waals surface area contributed by atoms with Crippen LogP contribution in [0.5, 0.6) is 0 Å². The minimum Gasteiger partial charge on any atom is -0.481 e. The highest BCUT2D eigenvalue weighted by Crippen LogP contribution is 2.27. The van der Waals surface area contributed by atoms with E-state index in [1.165, 1.54) is 17.2 Å². The van der Waals surface area contributed by atoms with E-state index < -0.39 is 47.2 Å². The molecule has 1 atom stereocenters. The Morgan fingerprint density at radius 3 is 2.26 bits per heavy atom. The number of carbonyl (C=O) groups is 3. The van der Waals surface area contributed by atoms with Crippen LogP contribution in [0, 0.1) is 5.82 Å². The van der Waals surface area contributed by atoms with Crippen LogP contribution in [0.3, 0.4) is 0 Å². The van der Waals surface area contributed by atoms with Gasteiger partial charge < -0.3 is 24.8 Å². The summed E-state index contributed by atoms with van der Waals surface area (Å²) in [6.07, 6.45) is 0.699. The molecule has 166 valence electrons. The summed E-state index contributed by atoms with van der Waals surface area (Å²) in [4.78, 5) is 49.4. The molecule has 1 aromatic carbocycles. The van der Waals surface area contributed by atoms with Gasteiger partial charge in [-0.25, -0.2) is 9.18 Å². The number of hydrogen-bond acceptors (Lipinski definition) is 6. The fourth-order valence-electron chi connectivity index (χ4n) is 3.87. The normalized spacial score (nSPS) is 15.7. The van der Waals surface area contributed by atoms with Crippen LogP contribution in [-0.2, 0) is 16.1 Å². The van der Waals surface area contributed by atoms with E-state index in [4.69, 9.17) is 5.11 Å². The third-order valence-electron chi connectivity index (χ3n) is 5.47. The molecule has 1 fully saturated rings. The molecule has 10 nitrogen and oxygen atoms in total. The predicted octanol–water partition coefficient (Wildman–Crippen LogP) is 0.909. The summed E-state index contributed by atoms with van der Waals surface area (Å²) in [6, 6.07) is 1.35. The van der Waals surface area contributed by atoms with Gasteiger partial charge in [0.2, 0.25) is 5.43 Å². The Morgan fingerprint density at radius 2 is 1.74 bits per heavy atom. The number of aryl methyl sites for hydroxylation is 1. The standard InChI is InChI=1S/C20H22FN3O7/c1-2-22-10-12(19(28)29)18(27)11-7-13(21)15(8-14(11)22)23-3-5-24(6-4-23)16(20(30)31)9-17(25)26/h7-8,10,16H,2-6,9H2,1H3,(H,25,26)(H,28,29)(H,30,31). The molecule has 2 heterocycles. The molecule has 31 heavy (non-hydrogen) atoms. The van der Waals surface area contributed by atoms with Crippen molar-refractivity contribution in [3.05, 3.63) is 39.9 Å². The number of rotatable bonds is 7. The van der Waals surface area contributed by atoms with Gasteiger partial charge in [-0.05, 0) is 19.1 Å². The number of nitrogens with zero attached hydrogens (tertiary/aromatic N) is 3. The topological polar surface area (TPSA) is 140 Å². The zero-order valence-electron chi connectivity index (χ0n) is 16.7. The number of aromatic carboxylic acids is 1. The first-order valence-corrected chi connectivity index (χ1v) is 9.67. The molecular formula is C20H22FN3O7. The molecule has 1 aliphatic heterocycles. The maximum absolute atomic E-state index is 14.9. The van der Waals surface area contributed by atoms with Gasteiger partial charge in [0.25, 0.3) is 0 Å². The Bertz CT molecular complexity index is 1110. The Morgan fingerprint density at radius 1 is 1.10 bits per heavy atom. The third kappa shape index (κ3) is 4.36. The van der Waals surface area contributed by atoms with E-state index in [2.05, 4.69) is 0 Å². The monoisotopic (exact) mass is 435 g/mol. The number of benzene rings is 1. The molecule has 0 saturated carbocycles. The van der Waals surface area contributed by atoms with Crippen LogP contribution in [0.4, 0.5) is 10.1 Å². The number of anilines is 1. The SMILES string of the molecule is CCn1cc(C(=O)O)c(=O)c2cc(F)c(N3CCN(C(CC(=O)O)C(=O)O)CC3)cc21. The van der Waals surface area contributed by atoms with E-state index in [0.717, 1.165) is 6.07 Å². The van der Waals surface area contributed by atoms with E-state index in [1.54, 1.807) is 16.4 Å². The molecule has 0 bridgehead atoms. The van der Waals surface area contributed by atoms with E-state index in [1.807, 2.05) is 0 Å². The molecule has 11 heteroatoms. The fraction of sp³-hybridized carbons (Fsp3) is 0.400. The van der Waals surface area contributed by atoms with Crippen molar-refractivity contribution in [2.75, 3.05) is 31.1 Å². The quantitative estimate of drug-likeness (QED) is 0.579. The number of halogens is 1. The molecule has 2 aromatic rings. The van der Waals surface area contributed by atoms with Crippen molar-refractivity contribution in [1.82, 2.24) is 9.47 Å². The predicted molar refractivity (Wildman–Crippen MR) is 108 cm³/mol. The van der Waals surface area contributed by atoms with E-state index in [0.29, 0.717) is 12.1 Å². The van der Waals surface area contributed by atoms with Crippen LogP contribution < -0.4 is 10.3 Å². The Kier molecular flexibility index (Phi) is 6.25. The van der Waals surface area contributed by atoms with Crippen LogP contribution >= 0.6 is 0 Å². The summed E-state index contributed by atoms with van der Waals surface area (Å²) in [5.41, 5.74) is -0.596. The Balaban J connectivity index is 1.92. The van der Waals surface area contributed by atoms with Crippen molar-refractivity contribution in [3.63, 3.8) is 0 Å². The summed E-state index contributed by atoms with van der Waals surface area (Å²) in [5.74, 6) is -4.52. The number of carboxylic acids is 3. The minimum absolute atomic E-state index is 0.0333. The van der Waals surface area contributed by atoms with E-state index in [-0.39, 0.29) is 37.3 Å². The first-order chi connectivity index (χ1) is 14.6. The zero-order chi connectivity index (χ0) is 22.9. The molecule has 0 spiro atoms. The van der Waals surface area contributed by atoms with Gasteiger partial charge in [0.1, 0.15) is 17.4 Å². The van der Waals surface area contributed by atoms with Crippen molar-refractivity contribution >= 4 is 34.5 Å². The molecule has 0 aliphatic carbocycles. The van der Waals surface area contributed by atoms with Gasteiger partial charge in [0.05, 0.1) is 17.6 Å². The number of aliphatic carboxylic acids is 2. The number of fused-ring (bicyclic) bond motifs is 1. The largest absolute Gasteiger partial charge is 0.481 e. The van der Waals surface area contributed by atoms with Gasteiger partial charge in [0.15, 0.2) is 0 Å². The third-order valence-corrected chi connectivity index (χ3v) is 5.47. The van der Waals surface area contributed by atoms with E-state index >= 15 is 0 Å². The van der Waals surface area contributed by atoms with Crippen LogP contribution in [0.2, 0.25) is 0 Å². The van der Waals surface area contributed by atoms with Gasteiger partial charge >= 0.3 is 17.9 Å². The number of aromatic nitrogens is 1. The van der Waals surface area contributed by atoms with Crippen molar-refractivity contribution in [2.24, 2.45) is 0 Å². The molecule has 1 saturated heterocycles. The first-order valence-electron chi connectivity index (χ1n) is 9.67. The fourth-order valence-corrected chi connectivity index (χ4v) is 3.87. The molecule has 0 amide bonds. The van der Waals surface area contributed by atoms with Crippen molar-refractivity contribution in [2.45, 2.75) is 25.9 Å². The minimum atomic E-state index is -1.39. The maximum atomic E-state index is 14.9. The van der Waals surface area contributed by atoms with Crippen molar-refractivity contribution in [1.29, 1.82) is 0 Å². The lowest BCUT2D eigenvalue weighted by atomic mass is 10.1. The number of pyridine rings is 1. The second-order valence-corrected chi connectivity index (χ2v) is 7.26. The Labute approximate surface area is 175 Å². The lowest BCUT2D eigenvalue weighted by Gasteiger charge is -2.38. The Hall–Kier alpha value is -3.47. The van der Waals surface area contributed by atoms with Gasteiger partial charge in [-0.2, -0.15) is 0 Å². The molecule has 1 unspecified atom stereocenters. The summed E-state index contributed by atoms with van der Waals surface area (Å²) in [7, 11) is 0. The first kappa shape index (κ1) is 22.2. The van der Waals surface area contributed by atoms with Gasteiger partial charge in [-0.15, -0.1) is 0 Å².